The highest BCUT2D eigenvalue weighted by Crippen LogP contribution is 2.21. The van der Waals surface area contributed by atoms with E-state index in [9.17, 15) is 13.2 Å². The van der Waals surface area contributed by atoms with Gasteiger partial charge in [-0.05, 0) is 18.6 Å². The number of nitrogens with zero attached hydrogens (tertiary/aromatic N) is 2. The molecule has 1 aromatic carbocycles. The normalized spacial score (nSPS) is 11.2. The first-order valence-electron chi connectivity index (χ1n) is 7.05. The zero-order chi connectivity index (χ0) is 16.7. The fourth-order valence-corrected chi connectivity index (χ4v) is 4.13. The van der Waals surface area contributed by atoms with Gasteiger partial charge in [-0.25, -0.2) is 8.42 Å². The van der Waals surface area contributed by atoms with Gasteiger partial charge >= 0.3 is 0 Å². The van der Waals surface area contributed by atoms with Crippen LogP contribution in [0, 0.1) is 0 Å². The van der Waals surface area contributed by atoms with Crippen molar-refractivity contribution in [2.75, 3.05) is 17.7 Å². The summed E-state index contributed by atoms with van der Waals surface area (Å²) in [6.45, 7) is 1.72. The molecule has 0 bridgehead atoms. The fraction of sp³-hybridized carbons (Fsp3) is 0.357. The Hall–Kier alpha value is -2.00. The molecule has 0 aliphatic carbocycles. The van der Waals surface area contributed by atoms with Crippen molar-refractivity contribution < 1.29 is 17.9 Å². The molecular weight excluding hydrogens is 338 g/mol. The molecule has 124 valence electrons. The van der Waals surface area contributed by atoms with Gasteiger partial charge in [0.05, 0.1) is 5.75 Å². The Morgan fingerprint density at radius 1 is 1.26 bits per heavy atom. The van der Waals surface area contributed by atoms with Crippen LogP contribution >= 0.6 is 11.3 Å². The SMILES string of the molecule is CCCCS(=O)(=O)c1nnc(NC(=O)COc2ccccc2)s1. The van der Waals surface area contributed by atoms with Crippen LogP contribution in [0.25, 0.3) is 0 Å². The Morgan fingerprint density at radius 3 is 2.70 bits per heavy atom. The van der Waals surface area contributed by atoms with Crippen molar-refractivity contribution in [3.8, 4) is 5.75 Å². The first-order valence-corrected chi connectivity index (χ1v) is 9.52. The van der Waals surface area contributed by atoms with Gasteiger partial charge in [0.1, 0.15) is 5.75 Å². The summed E-state index contributed by atoms with van der Waals surface area (Å²) in [4.78, 5) is 11.8. The highest BCUT2D eigenvalue weighted by molar-refractivity contribution is 7.93. The number of aromatic nitrogens is 2. The standard InChI is InChI=1S/C14H17N3O4S2/c1-2-3-9-23(19,20)14-17-16-13(22-14)15-12(18)10-21-11-7-5-4-6-8-11/h4-8H,2-3,9-10H2,1H3,(H,15,16,18). The van der Waals surface area contributed by atoms with E-state index in [2.05, 4.69) is 15.5 Å². The molecule has 0 fully saturated rings. The van der Waals surface area contributed by atoms with Crippen molar-refractivity contribution in [3.63, 3.8) is 0 Å². The molecule has 1 heterocycles. The van der Waals surface area contributed by atoms with Gasteiger partial charge in [-0.3, -0.25) is 10.1 Å². The monoisotopic (exact) mass is 355 g/mol. The van der Waals surface area contributed by atoms with Gasteiger partial charge in [0.2, 0.25) is 19.3 Å². The van der Waals surface area contributed by atoms with Gasteiger partial charge in [0.25, 0.3) is 5.91 Å². The Balaban J connectivity index is 1.90. The Morgan fingerprint density at radius 2 is 2.00 bits per heavy atom. The molecule has 0 atom stereocenters. The number of amides is 1. The third-order valence-corrected chi connectivity index (χ3v) is 5.88. The van der Waals surface area contributed by atoms with Gasteiger partial charge in [0, 0.05) is 0 Å². The predicted molar refractivity (Wildman–Crippen MR) is 87.4 cm³/mol. The number of carbonyl (C=O) groups excluding carboxylic acids is 1. The molecule has 0 spiro atoms. The largest absolute Gasteiger partial charge is 0.484 e. The lowest BCUT2D eigenvalue weighted by atomic mass is 10.3. The molecule has 2 aromatic rings. The second kappa shape index (κ2) is 8.02. The highest BCUT2D eigenvalue weighted by atomic mass is 32.2. The molecule has 0 radical (unpaired) electrons. The summed E-state index contributed by atoms with van der Waals surface area (Å²) in [6.07, 6.45) is 1.34. The van der Waals surface area contributed by atoms with Crippen molar-refractivity contribution >= 4 is 32.2 Å². The quantitative estimate of drug-likeness (QED) is 0.728. The lowest BCUT2D eigenvalue weighted by Gasteiger charge is -2.04. The highest BCUT2D eigenvalue weighted by Gasteiger charge is 2.20. The zero-order valence-corrected chi connectivity index (χ0v) is 14.2. The van der Waals surface area contributed by atoms with Gasteiger partial charge in [-0.1, -0.05) is 42.9 Å². The van der Waals surface area contributed by atoms with Crippen LogP contribution in [0.15, 0.2) is 34.7 Å². The van der Waals surface area contributed by atoms with Crippen LogP contribution in [-0.2, 0) is 14.6 Å². The van der Waals surface area contributed by atoms with Crippen LogP contribution in [0.4, 0.5) is 5.13 Å². The molecule has 23 heavy (non-hydrogen) atoms. The lowest BCUT2D eigenvalue weighted by molar-refractivity contribution is -0.118. The van der Waals surface area contributed by atoms with Crippen LogP contribution in [0.5, 0.6) is 5.75 Å². The maximum atomic E-state index is 12.0. The van der Waals surface area contributed by atoms with Crippen molar-refractivity contribution in [2.24, 2.45) is 0 Å². The number of hydrogen-bond donors (Lipinski definition) is 1. The average molecular weight is 355 g/mol. The summed E-state index contributed by atoms with van der Waals surface area (Å²) in [6, 6.07) is 8.90. The second-order valence-corrected chi connectivity index (χ2v) is 7.96. The minimum atomic E-state index is -3.43. The summed E-state index contributed by atoms with van der Waals surface area (Å²) in [5.74, 6) is 0.175. The molecule has 0 saturated heterocycles. The topological polar surface area (TPSA) is 98.3 Å². The zero-order valence-electron chi connectivity index (χ0n) is 12.6. The molecule has 0 aliphatic heterocycles. The molecular formula is C14H17N3O4S2. The predicted octanol–water partition coefficient (Wildman–Crippen LogP) is 2.13. The fourth-order valence-electron chi connectivity index (χ4n) is 1.63. The first kappa shape index (κ1) is 17.4. The summed E-state index contributed by atoms with van der Waals surface area (Å²) in [7, 11) is -3.43. The van der Waals surface area contributed by atoms with Gasteiger partial charge in [0.15, 0.2) is 6.61 Å². The van der Waals surface area contributed by atoms with E-state index in [1.807, 2.05) is 13.0 Å². The van der Waals surface area contributed by atoms with E-state index in [0.717, 1.165) is 17.8 Å². The minimum absolute atomic E-state index is 0.0310. The van der Waals surface area contributed by atoms with Crippen LogP contribution < -0.4 is 10.1 Å². The number of para-hydroxylation sites is 1. The summed E-state index contributed by atoms with van der Waals surface area (Å²) in [5, 5.41) is 9.94. The van der Waals surface area contributed by atoms with Gasteiger partial charge < -0.3 is 4.74 Å². The van der Waals surface area contributed by atoms with Crippen molar-refractivity contribution in [3.05, 3.63) is 30.3 Å². The van der Waals surface area contributed by atoms with Crippen molar-refractivity contribution in [1.29, 1.82) is 0 Å². The van der Waals surface area contributed by atoms with E-state index in [1.165, 1.54) is 0 Å². The molecule has 9 heteroatoms. The molecule has 0 unspecified atom stereocenters. The first-order chi connectivity index (χ1) is 11.0. The Kier molecular flexibility index (Phi) is 6.05. The molecule has 2 rings (SSSR count). The molecule has 7 nitrogen and oxygen atoms in total. The molecule has 1 aromatic heterocycles. The third-order valence-electron chi connectivity index (χ3n) is 2.80. The Labute approximate surface area is 138 Å². The maximum Gasteiger partial charge on any atom is 0.264 e. The van der Waals surface area contributed by atoms with E-state index in [1.54, 1.807) is 24.3 Å². The minimum Gasteiger partial charge on any atom is -0.484 e. The molecule has 1 amide bonds. The molecule has 0 aliphatic rings. The Bertz CT molecular complexity index is 744. The van der Waals surface area contributed by atoms with Crippen LogP contribution in [0.1, 0.15) is 19.8 Å². The number of anilines is 1. The third kappa shape index (κ3) is 5.29. The summed E-state index contributed by atoms with van der Waals surface area (Å²) >= 11 is 0.843. The van der Waals surface area contributed by atoms with Crippen molar-refractivity contribution in [2.45, 2.75) is 24.1 Å². The van der Waals surface area contributed by atoms with Crippen LogP contribution in [0.2, 0.25) is 0 Å². The second-order valence-electron chi connectivity index (χ2n) is 4.70. The smallest absolute Gasteiger partial charge is 0.264 e. The van der Waals surface area contributed by atoms with E-state index in [-0.39, 0.29) is 21.8 Å². The summed E-state index contributed by atoms with van der Waals surface area (Å²) < 4.78 is 29.2. The number of carbonyl (C=O) groups is 1. The van der Waals surface area contributed by atoms with Gasteiger partial charge in [-0.2, -0.15) is 0 Å². The summed E-state index contributed by atoms with van der Waals surface area (Å²) in [5.41, 5.74) is 0. The number of sulfone groups is 1. The van der Waals surface area contributed by atoms with E-state index in [0.29, 0.717) is 12.2 Å². The number of nitrogens with one attached hydrogen (secondary N) is 1. The number of hydrogen-bond acceptors (Lipinski definition) is 7. The number of rotatable bonds is 8. The maximum absolute atomic E-state index is 12.0. The van der Waals surface area contributed by atoms with E-state index >= 15 is 0 Å². The lowest BCUT2D eigenvalue weighted by Crippen LogP contribution is -2.20. The number of unbranched alkanes of at least 4 members (excludes halogenated alkanes) is 1. The molecule has 0 saturated carbocycles. The van der Waals surface area contributed by atoms with Crippen LogP contribution in [-0.4, -0.2) is 36.9 Å². The molecule has 1 N–H and O–H groups in total. The van der Waals surface area contributed by atoms with Gasteiger partial charge in [-0.15, -0.1) is 10.2 Å². The van der Waals surface area contributed by atoms with E-state index < -0.39 is 15.7 Å². The average Bonchev–Trinajstić information content (AvgIpc) is 3.01. The van der Waals surface area contributed by atoms with Crippen molar-refractivity contribution in [1.82, 2.24) is 10.2 Å². The number of ether oxygens (including phenoxy) is 1. The van der Waals surface area contributed by atoms with Crippen LogP contribution in [0.3, 0.4) is 0 Å². The van der Waals surface area contributed by atoms with E-state index in [4.69, 9.17) is 4.74 Å². The number of benzene rings is 1.